The summed E-state index contributed by atoms with van der Waals surface area (Å²) >= 11 is 0. The second kappa shape index (κ2) is 46.2. The Balaban J connectivity index is 4.22. The molecule has 9 nitrogen and oxygen atoms in total. The third-order valence-corrected chi connectivity index (χ3v) is 10.5. The number of allylic oxidation sites excluding steroid dienone is 14. The number of carbonyl (C=O) groups excluding carboxylic acids is 1. The molecule has 0 fully saturated rings. The van der Waals surface area contributed by atoms with Crippen LogP contribution in [0.25, 0.3) is 0 Å². The maximum absolute atomic E-state index is 12.7. The van der Waals surface area contributed by atoms with Gasteiger partial charge in [-0.25, -0.2) is 4.57 Å². The Kier molecular flexibility index (Phi) is 44.3. The van der Waals surface area contributed by atoms with Crippen molar-refractivity contribution in [2.24, 2.45) is 0 Å². The molecule has 0 radical (unpaired) electrons. The molecule has 3 unspecified atom stereocenters. The standard InChI is InChI=1S/C50H87O9P/c1-3-5-7-9-11-13-15-17-19-21-23-24-25-26-28-30-32-34-36-38-40-42-50(53)59-49(47-58-60(54,55)57-45-48(52)44-51)46-56-43-41-39-37-35-33-31-29-27-22-20-18-16-14-12-10-8-6-4-2/h6,8,12,14-15,17-18,20-21,23,27,29,33,35,48-49,51-52H,3-5,7,9-11,13,16,19,22,24-26,28,30-32,34,36-47H2,1-2H3,(H,54,55)/b8-6-,14-12-,17-15-,20-18-,23-21-,29-27-,35-33-. The van der Waals surface area contributed by atoms with Crippen LogP contribution >= 0.6 is 7.82 Å². The Morgan fingerprint density at radius 2 is 0.950 bits per heavy atom. The second-order valence-electron chi connectivity index (χ2n) is 15.4. The van der Waals surface area contributed by atoms with Crippen molar-refractivity contribution in [1.29, 1.82) is 0 Å². The molecule has 346 valence electrons. The summed E-state index contributed by atoms with van der Waals surface area (Å²) in [6, 6.07) is 0. The number of aliphatic hydroxyl groups excluding tert-OH is 2. The summed E-state index contributed by atoms with van der Waals surface area (Å²) in [5, 5.41) is 18.4. The topological polar surface area (TPSA) is 132 Å². The minimum Gasteiger partial charge on any atom is -0.457 e. The van der Waals surface area contributed by atoms with E-state index in [1.807, 2.05) is 0 Å². The van der Waals surface area contributed by atoms with E-state index < -0.39 is 45.8 Å². The predicted octanol–water partition coefficient (Wildman–Crippen LogP) is 13.5. The van der Waals surface area contributed by atoms with E-state index in [0.29, 0.717) is 13.0 Å². The summed E-state index contributed by atoms with van der Waals surface area (Å²) in [6.07, 6.45) is 56.9. The predicted molar refractivity (Wildman–Crippen MR) is 251 cm³/mol. The van der Waals surface area contributed by atoms with Crippen LogP contribution in [-0.4, -0.2) is 66.3 Å². The van der Waals surface area contributed by atoms with Gasteiger partial charge in [0, 0.05) is 13.0 Å². The maximum Gasteiger partial charge on any atom is 0.472 e. The smallest absolute Gasteiger partial charge is 0.457 e. The van der Waals surface area contributed by atoms with Crippen molar-refractivity contribution in [1.82, 2.24) is 0 Å². The molecule has 0 aromatic carbocycles. The van der Waals surface area contributed by atoms with Gasteiger partial charge in [-0.3, -0.25) is 13.8 Å². The van der Waals surface area contributed by atoms with Crippen molar-refractivity contribution in [2.45, 2.75) is 193 Å². The molecular formula is C50H87O9P. The number of aliphatic hydroxyl groups is 2. The number of unbranched alkanes of at least 4 members (excludes halogenated alkanes) is 16. The summed E-state index contributed by atoms with van der Waals surface area (Å²) < 4.78 is 33.4. The zero-order valence-electron chi connectivity index (χ0n) is 37.9. The Morgan fingerprint density at radius 1 is 0.533 bits per heavy atom. The van der Waals surface area contributed by atoms with E-state index >= 15 is 0 Å². The summed E-state index contributed by atoms with van der Waals surface area (Å²) in [4.78, 5) is 22.6. The molecule has 60 heavy (non-hydrogen) atoms. The fourth-order valence-electron chi connectivity index (χ4n) is 6.00. The summed E-state index contributed by atoms with van der Waals surface area (Å²) in [6.45, 7) is 3.27. The normalized spacial score (nSPS) is 14.7. The zero-order chi connectivity index (χ0) is 43.9. The molecule has 0 aromatic rings. The molecule has 10 heteroatoms. The highest BCUT2D eigenvalue weighted by Gasteiger charge is 2.26. The summed E-state index contributed by atoms with van der Waals surface area (Å²) in [5.41, 5.74) is 0. The highest BCUT2D eigenvalue weighted by atomic mass is 31.2. The van der Waals surface area contributed by atoms with E-state index in [1.54, 1.807) is 0 Å². The van der Waals surface area contributed by atoms with Gasteiger partial charge in [-0.15, -0.1) is 0 Å². The van der Waals surface area contributed by atoms with Crippen molar-refractivity contribution >= 4 is 13.8 Å². The first-order chi connectivity index (χ1) is 29.3. The molecule has 0 aliphatic heterocycles. The average molecular weight is 863 g/mol. The van der Waals surface area contributed by atoms with E-state index in [9.17, 15) is 19.4 Å². The molecule has 3 atom stereocenters. The minimum atomic E-state index is -4.54. The van der Waals surface area contributed by atoms with Gasteiger partial charge in [0.1, 0.15) is 12.2 Å². The van der Waals surface area contributed by atoms with Gasteiger partial charge >= 0.3 is 13.8 Å². The Bertz CT molecular complexity index is 1210. The van der Waals surface area contributed by atoms with Crippen LogP contribution < -0.4 is 0 Å². The van der Waals surface area contributed by atoms with E-state index in [0.717, 1.165) is 83.5 Å². The number of hydrogen-bond acceptors (Lipinski definition) is 8. The highest BCUT2D eigenvalue weighted by molar-refractivity contribution is 7.47. The van der Waals surface area contributed by atoms with Crippen LogP contribution in [0.3, 0.4) is 0 Å². The lowest BCUT2D eigenvalue weighted by molar-refractivity contribution is -0.154. The van der Waals surface area contributed by atoms with Crippen LogP contribution in [0.2, 0.25) is 0 Å². The van der Waals surface area contributed by atoms with Gasteiger partial charge in [-0.05, 0) is 89.9 Å². The fourth-order valence-corrected chi connectivity index (χ4v) is 6.79. The van der Waals surface area contributed by atoms with Crippen molar-refractivity contribution in [3.8, 4) is 0 Å². The van der Waals surface area contributed by atoms with Crippen molar-refractivity contribution in [3.05, 3.63) is 85.1 Å². The van der Waals surface area contributed by atoms with Gasteiger partial charge in [-0.2, -0.15) is 0 Å². The van der Waals surface area contributed by atoms with E-state index in [1.165, 1.54) is 70.6 Å². The van der Waals surface area contributed by atoms with Crippen LogP contribution in [0.4, 0.5) is 0 Å². The van der Waals surface area contributed by atoms with Crippen LogP contribution in [0.5, 0.6) is 0 Å². The van der Waals surface area contributed by atoms with E-state index in [2.05, 4.69) is 98.9 Å². The monoisotopic (exact) mass is 863 g/mol. The number of esters is 1. The first-order valence-corrected chi connectivity index (χ1v) is 25.1. The number of hydrogen-bond donors (Lipinski definition) is 3. The first kappa shape index (κ1) is 57.6. The first-order valence-electron chi connectivity index (χ1n) is 23.6. The molecule has 0 aliphatic rings. The number of ether oxygens (including phenoxy) is 2. The third kappa shape index (κ3) is 45.2. The average Bonchev–Trinajstić information content (AvgIpc) is 3.24. The molecule has 0 saturated heterocycles. The Hall–Kier alpha value is -2.36. The minimum absolute atomic E-state index is 0.0135. The number of phosphoric ester groups is 1. The molecule has 0 amide bonds. The SMILES string of the molecule is CC/C=C\C/C=C\C/C=C\C/C=C\C/C=C\CCCCOCC(COP(=O)(O)OCC(O)CO)OC(=O)CCCCCCCCCCC/C=C\C/C=C\CCCCCCC. The van der Waals surface area contributed by atoms with Crippen LogP contribution in [0, 0.1) is 0 Å². The van der Waals surface area contributed by atoms with Crippen LogP contribution in [-0.2, 0) is 27.9 Å². The highest BCUT2D eigenvalue weighted by Crippen LogP contribution is 2.43. The van der Waals surface area contributed by atoms with Crippen LogP contribution in [0.15, 0.2) is 85.1 Å². The largest absolute Gasteiger partial charge is 0.472 e. The van der Waals surface area contributed by atoms with Crippen molar-refractivity contribution < 1.29 is 43.0 Å². The molecule has 0 rings (SSSR count). The second-order valence-corrected chi connectivity index (χ2v) is 16.8. The lowest BCUT2D eigenvalue weighted by Crippen LogP contribution is -2.29. The van der Waals surface area contributed by atoms with Gasteiger partial charge in [0.15, 0.2) is 0 Å². The van der Waals surface area contributed by atoms with Crippen molar-refractivity contribution in [2.75, 3.05) is 33.0 Å². The lowest BCUT2D eigenvalue weighted by atomic mass is 10.1. The fraction of sp³-hybridized carbons (Fsp3) is 0.700. The van der Waals surface area contributed by atoms with Crippen molar-refractivity contribution in [3.63, 3.8) is 0 Å². The van der Waals surface area contributed by atoms with Gasteiger partial charge in [0.05, 0.1) is 26.4 Å². The summed E-state index contributed by atoms with van der Waals surface area (Å²) in [7, 11) is -4.54. The molecule has 0 saturated carbocycles. The molecule has 0 spiro atoms. The van der Waals surface area contributed by atoms with Gasteiger partial charge < -0.3 is 24.6 Å². The molecule has 0 bridgehead atoms. The van der Waals surface area contributed by atoms with E-state index in [-0.39, 0.29) is 13.0 Å². The molecule has 3 N–H and O–H groups in total. The quantitative estimate of drug-likeness (QED) is 0.0237. The summed E-state index contributed by atoms with van der Waals surface area (Å²) in [5.74, 6) is -0.405. The van der Waals surface area contributed by atoms with Crippen LogP contribution in [0.1, 0.15) is 181 Å². The molecule has 0 aliphatic carbocycles. The zero-order valence-corrected chi connectivity index (χ0v) is 38.8. The number of rotatable bonds is 44. The lowest BCUT2D eigenvalue weighted by Gasteiger charge is -2.20. The van der Waals surface area contributed by atoms with Gasteiger partial charge in [-0.1, -0.05) is 170 Å². The maximum atomic E-state index is 12.7. The Labute approximate surface area is 366 Å². The molecule has 0 heterocycles. The Morgan fingerprint density at radius 3 is 1.43 bits per heavy atom. The van der Waals surface area contributed by atoms with Gasteiger partial charge in [0.2, 0.25) is 0 Å². The molecule has 0 aromatic heterocycles. The molecular weight excluding hydrogens is 776 g/mol. The third-order valence-electron chi connectivity index (χ3n) is 9.56. The number of carbonyl (C=O) groups is 1. The van der Waals surface area contributed by atoms with Gasteiger partial charge in [0.25, 0.3) is 0 Å². The van der Waals surface area contributed by atoms with E-state index in [4.69, 9.17) is 23.6 Å². The number of phosphoric acid groups is 1.